The summed E-state index contributed by atoms with van der Waals surface area (Å²) in [5.74, 6) is 0.582. The number of rotatable bonds is 6. The predicted octanol–water partition coefficient (Wildman–Crippen LogP) is 5.24. The fraction of sp³-hybridized carbons (Fsp3) is 0.261. The molecule has 4 aromatic rings. The first kappa shape index (κ1) is 20.1. The number of carbonyl (C=O) groups is 1. The highest BCUT2D eigenvalue weighted by molar-refractivity contribution is 7.22. The van der Waals surface area contributed by atoms with Crippen molar-refractivity contribution in [2.75, 3.05) is 12.0 Å². The number of hydrogen-bond donors (Lipinski definition) is 0. The zero-order valence-corrected chi connectivity index (χ0v) is 18.3. The van der Waals surface area contributed by atoms with E-state index < -0.39 is 0 Å². The molecule has 0 N–H and O–H groups in total. The number of nitrogens with zero attached hydrogens (tertiary/aromatic N) is 4. The Kier molecular flexibility index (Phi) is 5.55. The fourth-order valence-electron chi connectivity index (χ4n) is 3.40. The van der Waals surface area contributed by atoms with E-state index in [1.807, 2.05) is 63.2 Å². The summed E-state index contributed by atoms with van der Waals surface area (Å²) in [6.07, 6.45) is 1.67. The Labute approximate surface area is 179 Å². The molecule has 0 aliphatic rings. The highest BCUT2D eigenvalue weighted by Gasteiger charge is 2.26. The van der Waals surface area contributed by atoms with Gasteiger partial charge in [-0.25, -0.2) is 4.98 Å². The molecule has 1 amide bonds. The summed E-state index contributed by atoms with van der Waals surface area (Å²) in [7, 11) is 1.64. The standard InChI is InChI=1S/C23H24N4O2S/c1-15(2)27-18(12-13-24-27)22(28)26(14-17-8-6-5-7-9-17)23-25-20-19(29-4)11-10-16(3)21(20)30-23/h5-13,15H,14H2,1-4H3. The molecule has 7 heteroatoms. The van der Waals surface area contributed by atoms with Crippen LogP contribution >= 0.6 is 11.3 Å². The summed E-state index contributed by atoms with van der Waals surface area (Å²) in [6, 6.07) is 15.7. The Morgan fingerprint density at radius 2 is 1.93 bits per heavy atom. The average Bonchev–Trinajstić information content (AvgIpc) is 3.41. The van der Waals surface area contributed by atoms with Crippen molar-refractivity contribution < 1.29 is 9.53 Å². The molecule has 0 aliphatic carbocycles. The molecule has 2 aromatic heterocycles. The van der Waals surface area contributed by atoms with Gasteiger partial charge in [0.2, 0.25) is 0 Å². The van der Waals surface area contributed by atoms with Gasteiger partial charge in [-0.05, 0) is 44.0 Å². The van der Waals surface area contributed by atoms with Crippen LogP contribution in [0.15, 0.2) is 54.7 Å². The van der Waals surface area contributed by atoms with E-state index in [1.54, 1.807) is 29.0 Å². The second-order valence-corrected chi connectivity index (χ2v) is 8.37. The molecule has 0 bridgehead atoms. The maximum Gasteiger partial charge on any atom is 0.278 e. The first-order valence-electron chi connectivity index (χ1n) is 9.83. The molecule has 0 unspecified atom stereocenters. The Morgan fingerprint density at radius 1 is 1.17 bits per heavy atom. The van der Waals surface area contributed by atoms with Crippen LogP contribution < -0.4 is 9.64 Å². The van der Waals surface area contributed by atoms with Crippen molar-refractivity contribution in [1.29, 1.82) is 0 Å². The smallest absolute Gasteiger partial charge is 0.278 e. The van der Waals surface area contributed by atoms with Crippen molar-refractivity contribution in [3.05, 3.63) is 71.5 Å². The minimum atomic E-state index is -0.124. The van der Waals surface area contributed by atoms with Gasteiger partial charge in [-0.3, -0.25) is 14.4 Å². The quantitative estimate of drug-likeness (QED) is 0.428. The monoisotopic (exact) mass is 420 g/mol. The Balaban J connectivity index is 1.83. The highest BCUT2D eigenvalue weighted by atomic mass is 32.1. The fourth-order valence-corrected chi connectivity index (χ4v) is 4.45. The van der Waals surface area contributed by atoms with Crippen molar-refractivity contribution in [1.82, 2.24) is 14.8 Å². The zero-order valence-electron chi connectivity index (χ0n) is 17.5. The first-order chi connectivity index (χ1) is 14.5. The lowest BCUT2D eigenvalue weighted by Crippen LogP contribution is -2.32. The number of amides is 1. The summed E-state index contributed by atoms with van der Waals surface area (Å²) >= 11 is 1.50. The number of ether oxygens (including phenoxy) is 1. The summed E-state index contributed by atoms with van der Waals surface area (Å²) in [4.78, 5) is 20.2. The van der Waals surface area contributed by atoms with E-state index in [0.717, 1.165) is 21.3 Å². The molecule has 30 heavy (non-hydrogen) atoms. The van der Waals surface area contributed by atoms with Crippen molar-refractivity contribution in [2.24, 2.45) is 0 Å². The van der Waals surface area contributed by atoms with Crippen LogP contribution in [0.4, 0.5) is 5.13 Å². The van der Waals surface area contributed by atoms with E-state index in [2.05, 4.69) is 5.10 Å². The number of fused-ring (bicyclic) bond motifs is 1. The second kappa shape index (κ2) is 8.28. The van der Waals surface area contributed by atoms with Crippen LogP contribution in [-0.4, -0.2) is 27.8 Å². The summed E-state index contributed by atoms with van der Waals surface area (Å²) in [6.45, 7) is 6.49. The van der Waals surface area contributed by atoms with Gasteiger partial charge in [0.1, 0.15) is 17.0 Å². The van der Waals surface area contributed by atoms with Gasteiger partial charge in [-0.1, -0.05) is 47.7 Å². The third-order valence-corrected chi connectivity index (χ3v) is 6.16. The van der Waals surface area contributed by atoms with Gasteiger partial charge in [-0.15, -0.1) is 0 Å². The minimum absolute atomic E-state index is 0.0789. The number of thiazole rings is 1. The van der Waals surface area contributed by atoms with E-state index >= 15 is 0 Å². The van der Waals surface area contributed by atoms with Crippen molar-refractivity contribution in [3.63, 3.8) is 0 Å². The molecular formula is C23H24N4O2S. The topological polar surface area (TPSA) is 60.2 Å². The number of aryl methyl sites for hydroxylation is 1. The van der Waals surface area contributed by atoms with E-state index in [-0.39, 0.29) is 11.9 Å². The lowest BCUT2D eigenvalue weighted by Gasteiger charge is -2.21. The van der Waals surface area contributed by atoms with E-state index in [4.69, 9.17) is 9.72 Å². The third-order valence-electron chi connectivity index (χ3n) is 4.95. The van der Waals surface area contributed by atoms with Gasteiger partial charge >= 0.3 is 0 Å². The number of hydrogen-bond acceptors (Lipinski definition) is 5. The molecule has 0 fully saturated rings. The summed E-state index contributed by atoms with van der Waals surface area (Å²) < 4.78 is 8.27. The van der Waals surface area contributed by atoms with Gasteiger partial charge in [0.05, 0.1) is 18.4 Å². The lowest BCUT2D eigenvalue weighted by atomic mass is 10.2. The molecule has 2 aromatic carbocycles. The minimum Gasteiger partial charge on any atom is -0.494 e. The normalized spacial score (nSPS) is 11.2. The summed E-state index contributed by atoms with van der Waals surface area (Å²) in [5.41, 5.74) is 3.46. The van der Waals surface area contributed by atoms with Crippen molar-refractivity contribution in [3.8, 4) is 5.75 Å². The molecule has 0 radical (unpaired) electrons. The maximum atomic E-state index is 13.7. The molecule has 0 saturated heterocycles. The first-order valence-corrected chi connectivity index (χ1v) is 10.6. The molecule has 0 atom stereocenters. The van der Waals surface area contributed by atoms with Gasteiger partial charge in [0.25, 0.3) is 5.91 Å². The van der Waals surface area contributed by atoms with Gasteiger partial charge in [0, 0.05) is 12.2 Å². The van der Waals surface area contributed by atoms with Crippen LogP contribution in [0.25, 0.3) is 10.2 Å². The SMILES string of the molecule is COc1ccc(C)c2sc(N(Cc3ccccc3)C(=O)c3ccnn3C(C)C)nc12. The molecule has 4 rings (SSSR count). The van der Waals surface area contributed by atoms with E-state index in [1.165, 1.54) is 11.3 Å². The van der Waals surface area contributed by atoms with E-state index in [0.29, 0.717) is 23.1 Å². The number of methoxy groups -OCH3 is 1. The van der Waals surface area contributed by atoms with Crippen LogP contribution in [0.1, 0.15) is 41.5 Å². The molecule has 6 nitrogen and oxygen atoms in total. The Morgan fingerprint density at radius 3 is 2.63 bits per heavy atom. The highest BCUT2D eigenvalue weighted by Crippen LogP contribution is 2.37. The lowest BCUT2D eigenvalue weighted by molar-refractivity contribution is 0.0973. The molecule has 2 heterocycles. The molecular weight excluding hydrogens is 396 g/mol. The van der Waals surface area contributed by atoms with Crippen molar-refractivity contribution >= 4 is 32.6 Å². The average molecular weight is 421 g/mol. The molecule has 0 spiro atoms. The van der Waals surface area contributed by atoms with Gasteiger partial charge in [0.15, 0.2) is 5.13 Å². The Bertz CT molecular complexity index is 1180. The number of benzene rings is 2. The predicted molar refractivity (Wildman–Crippen MR) is 120 cm³/mol. The van der Waals surface area contributed by atoms with Gasteiger partial charge < -0.3 is 4.74 Å². The van der Waals surface area contributed by atoms with E-state index in [9.17, 15) is 4.79 Å². The largest absolute Gasteiger partial charge is 0.494 e. The number of anilines is 1. The van der Waals surface area contributed by atoms with Gasteiger partial charge in [-0.2, -0.15) is 5.10 Å². The van der Waals surface area contributed by atoms with Crippen LogP contribution in [0.3, 0.4) is 0 Å². The van der Waals surface area contributed by atoms with Crippen LogP contribution in [0, 0.1) is 6.92 Å². The summed E-state index contributed by atoms with van der Waals surface area (Å²) in [5, 5.41) is 4.98. The molecule has 154 valence electrons. The zero-order chi connectivity index (χ0) is 21.3. The second-order valence-electron chi connectivity index (χ2n) is 7.39. The maximum absolute atomic E-state index is 13.7. The molecule has 0 aliphatic heterocycles. The Hall–Kier alpha value is -3.19. The van der Waals surface area contributed by atoms with Crippen LogP contribution in [-0.2, 0) is 6.54 Å². The number of aromatic nitrogens is 3. The van der Waals surface area contributed by atoms with Crippen molar-refractivity contribution in [2.45, 2.75) is 33.4 Å². The van der Waals surface area contributed by atoms with Crippen LogP contribution in [0.5, 0.6) is 5.75 Å². The number of carbonyl (C=O) groups excluding carboxylic acids is 1. The third kappa shape index (κ3) is 3.68. The molecule has 0 saturated carbocycles. The van der Waals surface area contributed by atoms with Crippen LogP contribution in [0.2, 0.25) is 0 Å².